The molecule has 0 fully saturated rings. The first-order chi connectivity index (χ1) is 15.4. The second-order valence-corrected chi connectivity index (χ2v) is 7.47. The minimum atomic E-state index is -1.07. The van der Waals surface area contributed by atoms with Crippen molar-refractivity contribution in [1.29, 1.82) is 0 Å². The maximum absolute atomic E-state index is 12.6. The van der Waals surface area contributed by atoms with Crippen molar-refractivity contribution in [2.75, 3.05) is 11.9 Å². The number of hydrogen-bond donors (Lipinski definition) is 2. The summed E-state index contributed by atoms with van der Waals surface area (Å²) in [6.45, 7) is 3.67. The van der Waals surface area contributed by atoms with Crippen molar-refractivity contribution in [3.05, 3.63) is 89.3 Å². The molecule has 1 heterocycles. The van der Waals surface area contributed by atoms with Crippen molar-refractivity contribution in [2.45, 2.75) is 26.3 Å². The lowest BCUT2D eigenvalue weighted by Gasteiger charge is -2.16. The lowest BCUT2D eigenvalue weighted by atomic mass is 10.0. The van der Waals surface area contributed by atoms with Crippen molar-refractivity contribution in [2.24, 2.45) is 0 Å². The van der Waals surface area contributed by atoms with Gasteiger partial charge in [0.1, 0.15) is 6.04 Å². The van der Waals surface area contributed by atoms with Gasteiger partial charge in [0.05, 0.1) is 0 Å². The third-order valence-electron chi connectivity index (χ3n) is 5.13. The Labute approximate surface area is 187 Å². The van der Waals surface area contributed by atoms with Crippen LogP contribution >= 0.6 is 0 Å². The Morgan fingerprint density at radius 2 is 1.66 bits per heavy atom. The van der Waals surface area contributed by atoms with Crippen LogP contribution in [0.2, 0.25) is 0 Å². The van der Waals surface area contributed by atoms with E-state index in [4.69, 9.17) is 0 Å². The van der Waals surface area contributed by atoms with E-state index in [1.54, 1.807) is 24.5 Å². The summed E-state index contributed by atoms with van der Waals surface area (Å²) in [5.74, 6) is -0.856. The fraction of sp³-hybridized carbons (Fsp3) is 0.200. The topological polar surface area (TPSA) is 95.4 Å². The number of benzene rings is 2. The summed E-state index contributed by atoms with van der Waals surface area (Å²) in [6, 6.07) is 14.0. The molecule has 1 aromatic heterocycles. The first-order valence-electron chi connectivity index (χ1n) is 10.2. The molecule has 0 radical (unpaired) electrons. The van der Waals surface area contributed by atoms with E-state index in [1.807, 2.05) is 74.3 Å². The van der Waals surface area contributed by atoms with Gasteiger partial charge >= 0.3 is 5.97 Å². The molecule has 1 unspecified atom stereocenters. The van der Waals surface area contributed by atoms with Crippen molar-refractivity contribution >= 4 is 29.6 Å². The van der Waals surface area contributed by atoms with E-state index in [0.717, 1.165) is 22.4 Å². The minimum absolute atomic E-state index is 0.172. The standard InChI is InChI=1S/C25H26N4O3/c1-17-7-4-8-18(2)22(17)23(30)28-21(24(31)32)10-5-9-19-11-13-20(14-12-19)29(3)25-26-15-6-16-27-25/h4-9,11-16,21H,10H2,1-3H3,(H,28,30)(H,31,32). The van der Waals surface area contributed by atoms with E-state index >= 15 is 0 Å². The number of nitrogens with one attached hydrogen (secondary N) is 1. The highest BCUT2D eigenvalue weighted by Gasteiger charge is 2.21. The van der Waals surface area contributed by atoms with Crippen LogP contribution in [0.1, 0.15) is 33.5 Å². The highest BCUT2D eigenvalue weighted by molar-refractivity contribution is 5.99. The number of carboxylic acid groups (broad SMARTS) is 1. The average molecular weight is 431 g/mol. The van der Waals surface area contributed by atoms with E-state index in [2.05, 4.69) is 15.3 Å². The van der Waals surface area contributed by atoms with Gasteiger partial charge in [0, 0.05) is 30.7 Å². The van der Waals surface area contributed by atoms with Gasteiger partial charge in [-0.25, -0.2) is 14.8 Å². The normalized spacial score (nSPS) is 11.8. The van der Waals surface area contributed by atoms with Crippen LogP contribution in [-0.2, 0) is 4.79 Å². The molecule has 1 amide bonds. The molecule has 7 nitrogen and oxygen atoms in total. The molecule has 2 N–H and O–H groups in total. The Morgan fingerprint density at radius 3 is 2.25 bits per heavy atom. The molecule has 0 saturated heterocycles. The van der Waals surface area contributed by atoms with E-state index in [0.29, 0.717) is 11.5 Å². The molecular formula is C25H26N4O3. The maximum Gasteiger partial charge on any atom is 0.326 e. The Morgan fingerprint density at radius 1 is 1.03 bits per heavy atom. The van der Waals surface area contributed by atoms with Gasteiger partial charge in [0.2, 0.25) is 5.95 Å². The molecule has 164 valence electrons. The van der Waals surface area contributed by atoms with Crippen LogP contribution in [-0.4, -0.2) is 40.0 Å². The third kappa shape index (κ3) is 5.57. The van der Waals surface area contributed by atoms with E-state index in [-0.39, 0.29) is 12.3 Å². The lowest BCUT2D eigenvalue weighted by Crippen LogP contribution is -2.40. The number of aromatic nitrogens is 2. The van der Waals surface area contributed by atoms with Crippen LogP contribution < -0.4 is 10.2 Å². The maximum atomic E-state index is 12.6. The van der Waals surface area contributed by atoms with Gasteiger partial charge in [-0.05, 0) is 55.2 Å². The molecule has 0 bridgehead atoms. The Kier molecular flexibility index (Phi) is 7.33. The number of aryl methyl sites for hydroxylation is 2. The van der Waals surface area contributed by atoms with Gasteiger partial charge in [-0.15, -0.1) is 0 Å². The number of nitrogens with zero attached hydrogens (tertiary/aromatic N) is 3. The summed E-state index contributed by atoms with van der Waals surface area (Å²) in [5.41, 5.74) is 3.99. The molecule has 1 atom stereocenters. The zero-order chi connectivity index (χ0) is 23.1. The first kappa shape index (κ1) is 22.7. The van der Waals surface area contributed by atoms with Crippen molar-refractivity contribution in [1.82, 2.24) is 15.3 Å². The van der Waals surface area contributed by atoms with Gasteiger partial charge in [-0.2, -0.15) is 0 Å². The summed E-state index contributed by atoms with van der Waals surface area (Å²) in [5, 5.41) is 12.2. The molecule has 3 aromatic rings. The molecule has 0 aliphatic rings. The number of aliphatic carboxylic acids is 1. The number of anilines is 2. The van der Waals surface area contributed by atoms with Crippen molar-refractivity contribution in [3.8, 4) is 0 Å². The quantitative estimate of drug-likeness (QED) is 0.557. The molecule has 7 heteroatoms. The Hall–Kier alpha value is -4.00. The van der Waals surface area contributed by atoms with Gasteiger partial charge in [0.15, 0.2) is 0 Å². The fourth-order valence-electron chi connectivity index (χ4n) is 3.35. The Balaban J connectivity index is 1.64. The smallest absolute Gasteiger partial charge is 0.326 e. The summed E-state index contributed by atoms with van der Waals surface area (Å²) >= 11 is 0. The molecule has 0 saturated carbocycles. The average Bonchev–Trinajstić information content (AvgIpc) is 2.78. The predicted octanol–water partition coefficient (Wildman–Crippen LogP) is 4.15. The molecule has 32 heavy (non-hydrogen) atoms. The van der Waals surface area contributed by atoms with Crippen LogP contribution in [0.25, 0.3) is 6.08 Å². The molecular weight excluding hydrogens is 404 g/mol. The SMILES string of the molecule is Cc1cccc(C)c1C(=O)NC(CC=Cc1ccc(N(C)c2ncccn2)cc1)C(=O)O. The van der Waals surface area contributed by atoms with Crippen LogP contribution in [0.5, 0.6) is 0 Å². The van der Waals surface area contributed by atoms with E-state index < -0.39 is 12.0 Å². The van der Waals surface area contributed by atoms with Crippen LogP contribution in [0, 0.1) is 13.8 Å². The third-order valence-corrected chi connectivity index (χ3v) is 5.13. The van der Waals surface area contributed by atoms with Crippen LogP contribution in [0.15, 0.2) is 67.0 Å². The molecule has 3 rings (SSSR count). The molecule has 2 aromatic carbocycles. The Bertz CT molecular complexity index is 1090. The zero-order valence-electron chi connectivity index (χ0n) is 18.3. The highest BCUT2D eigenvalue weighted by atomic mass is 16.4. The van der Waals surface area contributed by atoms with Crippen LogP contribution in [0.4, 0.5) is 11.6 Å². The summed E-state index contributed by atoms with van der Waals surface area (Å²) in [4.78, 5) is 34.6. The second kappa shape index (κ2) is 10.3. The number of carbonyl (C=O) groups is 2. The second-order valence-electron chi connectivity index (χ2n) is 7.47. The highest BCUT2D eigenvalue weighted by Crippen LogP contribution is 2.20. The first-order valence-corrected chi connectivity index (χ1v) is 10.2. The van der Waals surface area contributed by atoms with Crippen LogP contribution in [0.3, 0.4) is 0 Å². The van der Waals surface area contributed by atoms with Gasteiger partial charge in [-0.1, -0.05) is 42.5 Å². The number of rotatable bonds is 8. The number of amides is 1. The molecule has 0 aliphatic carbocycles. The van der Waals surface area contributed by atoms with E-state index in [9.17, 15) is 14.7 Å². The number of carbonyl (C=O) groups excluding carboxylic acids is 1. The van der Waals surface area contributed by atoms with E-state index in [1.165, 1.54) is 0 Å². The predicted molar refractivity (Wildman–Crippen MR) is 125 cm³/mol. The summed E-state index contributed by atoms with van der Waals surface area (Å²) < 4.78 is 0. The van der Waals surface area contributed by atoms with Gasteiger partial charge in [-0.3, -0.25) is 4.79 Å². The largest absolute Gasteiger partial charge is 0.480 e. The number of carboxylic acids is 1. The van der Waals surface area contributed by atoms with Crippen molar-refractivity contribution in [3.63, 3.8) is 0 Å². The summed E-state index contributed by atoms with van der Waals surface area (Å²) in [7, 11) is 1.89. The summed E-state index contributed by atoms with van der Waals surface area (Å²) in [6.07, 6.45) is 7.14. The van der Waals surface area contributed by atoms with Gasteiger partial charge in [0.25, 0.3) is 5.91 Å². The monoisotopic (exact) mass is 430 g/mol. The minimum Gasteiger partial charge on any atom is -0.480 e. The zero-order valence-corrected chi connectivity index (χ0v) is 18.3. The molecule has 0 aliphatic heterocycles. The fourth-order valence-corrected chi connectivity index (χ4v) is 3.35. The number of hydrogen-bond acceptors (Lipinski definition) is 5. The molecule has 0 spiro atoms. The van der Waals surface area contributed by atoms with Crippen molar-refractivity contribution < 1.29 is 14.7 Å². The lowest BCUT2D eigenvalue weighted by molar-refractivity contribution is -0.139. The van der Waals surface area contributed by atoms with Gasteiger partial charge < -0.3 is 15.3 Å².